The highest BCUT2D eigenvalue weighted by Crippen LogP contribution is 2.23. The van der Waals surface area contributed by atoms with Gasteiger partial charge in [-0.15, -0.1) is 0 Å². The number of amides is 1. The van der Waals surface area contributed by atoms with E-state index in [1.807, 2.05) is 43.3 Å². The van der Waals surface area contributed by atoms with Gasteiger partial charge in [-0.1, -0.05) is 0 Å². The van der Waals surface area contributed by atoms with Crippen molar-refractivity contribution in [2.75, 3.05) is 37.5 Å². The molecule has 1 amide bonds. The summed E-state index contributed by atoms with van der Waals surface area (Å²) >= 11 is 3.36. The van der Waals surface area contributed by atoms with Gasteiger partial charge in [0.1, 0.15) is 17.7 Å². The van der Waals surface area contributed by atoms with Crippen LogP contribution in [-0.4, -0.2) is 44.3 Å². The number of rotatable bonds is 5. The maximum atomic E-state index is 12.6. The van der Waals surface area contributed by atoms with Gasteiger partial charge < -0.3 is 19.7 Å². The molecule has 1 aliphatic rings. The summed E-state index contributed by atoms with van der Waals surface area (Å²) in [6.45, 7) is 1.37. The van der Waals surface area contributed by atoms with Crippen LogP contribution in [0.3, 0.4) is 0 Å². The molecule has 2 heterocycles. The van der Waals surface area contributed by atoms with E-state index >= 15 is 0 Å². The molecule has 0 radical (unpaired) electrons. The van der Waals surface area contributed by atoms with Gasteiger partial charge in [-0.3, -0.25) is 4.79 Å². The highest BCUT2D eigenvalue weighted by molar-refractivity contribution is 9.10. The molecular weight excluding hydrogens is 386 g/mol. The van der Waals surface area contributed by atoms with Crippen LogP contribution >= 0.6 is 15.9 Å². The van der Waals surface area contributed by atoms with Gasteiger partial charge in [-0.25, -0.2) is 4.98 Å². The molecule has 1 aliphatic heterocycles. The van der Waals surface area contributed by atoms with Crippen molar-refractivity contribution in [1.29, 1.82) is 0 Å². The summed E-state index contributed by atoms with van der Waals surface area (Å²) in [4.78, 5) is 18.7. The van der Waals surface area contributed by atoms with Crippen LogP contribution in [0.15, 0.2) is 41.0 Å². The smallest absolute Gasteiger partial charge is 0.259 e. The number of nitrogens with one attached hydrogen (secondary N) is 1. The van der Waals surface area contributed by atoms with Crippen LogP contribution < -0.4 is 15.0 Å². The highest BCUT2D eigenvalue weighted by atomic mass is 79.9. The topological polar surface area (TPSA) is 63.7 Å². The minimum absolute atomic E-state index is 0.107. The molecule has 3 rings (SSSR count). The molecule has 0 aliphatic carbocycles. The van der Waals surface area contributed by atoms with Gasteiger partial charge in [0.25, 0.3) is 5.91 Å². The lowest BCUT2D eigenvalue weighted by Crippen LogP contribution is -2.20. The number of aromatic nitrogens is 1. The zero-order chi connectivity index (χ0) is 17.8. The van der Waals surface area contributed by atoms with E-state index < -0.39 is 0 Å². The van der Waals surface area contributed by atoms with Crippen molar-refractivity contribution in [3.63, 3.8) is 0 Å². The number of hydrogen-bond acceptors (Lipinski definition) is 5. The monoisotopic (exact) mass is 405 g/mol. The molecule has 1 N–H and O–H groups in total. The highest BCUT2D eigenvalue weighted by Gasteiger charge is 2.18. The SMILES string of the molecule is CN(C)c1ncc(Br)cc1C(=O)Nc1ccc(O[C@H]2CCOC2)cc1. The molecule has 0 bridgehead atoms. The van der Waals surface area contributed by atoms with Crippen molar-refractivity contribution >= 4 is 33.3 Å². The number of hydrogen-bond donors (Lipinski definition) is 1. The number of ether oxygens (including phenoxy) is 2. The lowest BCUT2D eigenvalue weighted by Gasteiger charge is -2.16. The minimum Gasteiger partial charge on any atom is -0.488 e. The van der Waals surface area contributed by atoms with Gasteiger partial charge >= 0.3 is 0 Å². The summed E-state index contributed by atoms with van der Waals surface area (Å²) in [7, 11) is 3.71. The summed E-state index contributed by atoms with van der Waals surface area (Å²) in [6.07, 6.45) is 2.68. The number of nitrogens with zero attached hydrogens (tertiary/aromatic N) is 2. The summed E-state index contributed by atoms with van der Waals surface area (Å²) in [5.74, 6) is 1.17. The Kier molecular flexibility index (Phi) is 5.55. The van der Waals surface area contributed by atoms with Gasteiger partial charge in [0.05, 0.1) is 18.8 Å². The Labute approximate surface area is 155 Å². The average molecular weight is 406 g/mol. The Bertz CT molecular complexity index is 744. The minimum atomic E-state index is -0.213. The lowest BCUT2D eigenvalue weighted by atomic mass is 10.2. The molecule has 1 aromatic carbocycles. The first-order chi connectivity index (χ1) is 12.0. The van der Waals surface area contributed by atoms with Crippen LogP contribution in [0.5, 0.6) is 5.75 Å². The average Bonchev–Trinajstić information content (AvgIpc) is 3.09. The van der Waals surface area contributed by atoms with Crippen LogP contribution in [0, 0.1) is 0 Å². The summed E-state index contributed by atoms with van der Waals surface area (Å²) in [5, 5.41) is 2.89. The first kappa shape index (κ1) is 17.7. The maximum Gasteiger partial charge on any atom is 0.259 e. The molecule has 2 aromatic rings. The third-order valence-corrected chi connectivity index (χ3v) is 4.24. The van der Waals surface area contributed by atoms with Gasteiger partial charge in [0, 0.05) is 36.9 Å². The second-order valence-corrected chi connectivity index (χ2v) is 6.92. The standard InChI is InChI=1S/C18H20BrN3O3/c1-22(2)17-16(9-12(19)10-20-17)18(23)21-13-3-5-14(6-4-13)25-15-7-8-24-11-15/h3-6,9-10,15H,7-8,11H2,1-2H3,(H,21,23)/t15-/m0/s1. The van der Waals surface area contributed by atoms with Crippen LogP contribution in [0.2, 0.25) is 0 Å². The molecule has 1 fully saturated rings. The third kappa shape index (κ3) is 4.49. The van der Waals surface area contributed by atoms with Crippen molar-refractivity contribution in [3.8, 4) is 5.75 Å². The van der Waals surface area contributed by atoms with Crippen molar-refractivity contribution in [2.24, 2.45) is 0 Å². The Morgan fingerprint density at radius 3 is 2.76 bits per heavy atom. The first-order valence-electron chi connectivity index (χ1n) is 8.01. The predicted octanol–water partition coefficient (Wildman–Crippen LogP) is 3.33. The van der Waals surface area contributed by atoms with Crippen LogP contribution in [-0.2, 0) is 4.74 Å². The number of pyridine rings is 1. The zero-order valence-electron chi connectivity index (χ0n) is 14.2. The normalized spacial score (nSPS) is 16.5. The first-order valence-corrected chi connectivity index (χ1v) is 8.81. The molecule has 1 atom stereocenters. The molecule has 1 aromatic heterocycles. The fourth-order valence-electron chi connectivity index (χ4n) is 2.57. The Hall–Kier alpha value is -2.12. The van der Waals surface area contributed by atoms with E-state index in [9.17, 15) is 4.79 Å². The van der Waals surface area contributed by atoms with E-state index in [4.69, 9.17) is 9.47 Å². The maximum absolute atomic E-state index is 12.6. The van der Waals surface area contributed by atoms with Gasteiger partial charge in [-0.2, -0.15) is 0 Å². The van der Waals surface area contributed by atoms with Crippen LogP contribution in [0.4, 0.5) is 11.5 Å². The van der Waals surface area contributed by atoms with E-state index in [0.29, 0.717) is 23.7 Å². The molecular formula is C18H20BrN3O3. The van der Waals surface area contributed by atoms with E-state index in [2.05, 4.69) is 26.2 Å². The van der Waals surface area contributed by atoms with Gasteiger partial charge in [0.15, 0.2) is 0 Å². The molecule has 132 valence electrons. The summed E-state index contributed by atoms with van der Waals surface area (Å²) in [6, 6.07) is 9.10. The van der Waals surface area contributed by atoms with E-state index in [1.165, 1.54) is 0 Å². The molecule has 0 spiro atoms. The quantitative estimate of drug-likeness (QED) is 0.826. The fraction of sp³-hybridized carbons (Fsp3) is 0.333. The second-order valence-electron chi connectivity index (χ2n) is 6.00. The van der Waals surface area contributed by atoms with Crippen molar-refractivity contribution in [1.82, 2.24) is 4.98 Å². The number of benzene rings is 1. The molecule has 25 heavy (non-hydrogen) atoms. The number of carbonyl (C=O) groups is 1. The Morgan fingerprint density at radius 1 is 1.36 bits per heavy atom. The Morgan fingerprint density at radius 2 is 2.12 bits per heavy atom. The van der Waals surface area contributed by atoms with E-state index in [-0.39, 0.29) is 12.0 Å². The third-order valence-electron chi connectivity index (χ3n) is 3.80. The molecule has 6 nitrogen and oxygen atoms in total. The number of halogens is 1. The van der Waals surface area contributed by atoms with Crippen molar-refractivity contribution in [2.45, 2.75) is 12.5 Å². The van der Waals surface area contributed by atoms with Crippen molar-refractivity contribution < 1.29 is 14.3 Å². The number of anilines is 2. The summed E-state index contributed by atoms with van der Waals surface area (Å²) in [5.41, 5.74) is 1.20. The van der Waals surface area contributed by atoms with E-state index in [1.54, 1.807) is 12.3 Å². The Balaban J connectivity index is 1.69. The van der Waals surface area contributed by atoms with Crippen LogP contribution in [0.1, 0.15) is 16.8 Å². The second kappa shape index (κ2) is 7.84. The largest absolute Gasteiger partial charge is 0.488 e. The van der Waals surface area contributed by atoms with Gasteiger partial charge in [0.2, 0.25) is 0 Å². The predicted molar refractivity (Wildman–Crippen MR) is 101 cm³/mol. The zero-order valence-corrected chi connectivity index (χ0v) is 15.7. The van der Waals surface area contributed by atoms with E-state index in [0.717, 1.165) is 23.2 Å². The van der Waals surface area contributed by atoms with Gasteiger partial charge in [-0.05, 0) is 46.3 Å². The molecule has 7 heteroatoms. The molecule has 0 saturated carbocycles. The molecule has 1 saturated heterocycles. The number of carbonyl (C=O) groups excluding carboxylic acids is 1. The van der Waals surface area contributed by atoms with Crippen LogP contribution in [0.25, 0.3) is 0 Å². The fourth-order valence-corrected chi connectivity index (χ4v) is 2.90. The summed E-state index contributed by atoms with van der Waals surface area (Å²) < 4.78 is 11.9. The lowest BCUT2D eigenvalue weighted by molar-refractivity contribution is 0.102. The van der Waals surface area contributed by atoms with Crippen molar-refractivity contribution in [3.05, 3.63) is 46.6 Å². The molecule has 0 unspecified atom stereocenters.